The van der Waals surface area contributed by atoms with Crippen LogP contribution in [-0.4, -0.2) is 42.6 Å². The van der Waals surface area contributed by atoms with Crippen LogP contribution in [0.3, 0.4) is 0 Å². The Morgan fingerprint density at radius 3 is 2.75 bits per heavy atom. The van der Waals surface area contributed by atoms with Gasteiger partial charge in [-0.1, -0.05) is 0 Å². The van der Waals surface area contributed by atoms with E-state index in [0.29, 0.717) is 23.1 Å². The molecule has 0 aliphatic heterocycles. The van der Waals surface area contributed by atoms with Crippen molar-refractivity contribution in [2.45, 2.75) is 13.3 Å². The molecule has 2 rings (SSSR count). The van der Waals surface area contributed by atoms with Crippen LogP contribution in [0.1, 0.15) is 12.5 Å². The number of hydrogen-bond acceptors (Lipinski definition) is 6. The first-order valence-corrected chi connectivity index (χ1v) is 7.37. The molecule has 0 spiro atoms. The van der Waals surface area contributed by atoms with Crippen LogP contribution < -0.4 is 10.6 Å². The molecule has 3 N–H and O–H groups in total. The van der Waals surface area contributed by atoms with E-state index >= 15 is 0 Å². The minimum Gasteiger partial charge on any atom is -0.508 e. The number of phenols is 1. The molecular formula is C16H18N2O6. The highest BCUT2D eigenvalue weighted by Crippen LogP contribution is 2.25. The van der Waals surface area contributed by atoms with Gasteiger partial charge in [-0.05, 0) is 19.1 Å². The molecule has 24 heavy (non-hydrogen) atoms. The number of fused-ring (bicyclic) bond motifs is 1. The number of phenolic OH excluding ortho intramolecular Hbond substituents is 1. The van der Waals surface area contributed by atoms with Gasteiger partial charge in [0.1, 0.15) is 11.3 Å². The predicted octanol–water partition coefficient (Wildman–Crippen LogP) is 0.476. The Kier molecular flexibility index (Phi) is 5.78. The maximum absolute atomic E-state index is 11.8. The number of esters is 1. The van der Waals surface area contributed by atoms with Crippen molar-refractivity contribution in [3.63, 3.8) is 0 Å². The minimum atomic E-state index is -0.598. The molecule has 0 unspecified atom stereocenters. The first kappa shape index (κ1) is 17.3. The molecule has 0 aliphatic carbocycles. The Balaban J connectivity index is 1.80. The van der Waals surface area contributed by atoms with Crippen LogP contribution in [0, 0.1) is 0 Å². The topological polar surface area (TPSA) is 118 Å². The summed E-state index contributed by atoms with van der Waals surface area (Å²) in [4.78, 5) is 34.5. The molecule has 0 fully saturated rings. The van der Waals surface area contributed by atoms with Crippen molar-refractivity contribution in [1.29, 1.82) is 0 Å². The summed E-state index contributed by atoms with van der Waals surface area (Å²) in [5, 5.41) is 14.9. The number of furan rings is 1. The molecule has 0 aliphatic rings. The van der Waals surface area contributed by atoms with Gasteiger partial charge in [0.2, 0.25) is 5.91 Å². The van der Waals surface area contributed by atoms with E-state index in [1.54, 1.807) is 13.0 Å². The number of amides is 2. The number of likely N-dealkylation sites (N-methyl/N-ethyl adjacent to an activating group) is 1. The molecule has 2 amide bonds. The van der Waals surface area contributed by atoms with Gasteiger partial charge in [0.15, 0.2) is 6.61 Å². The molecule has 8 nitrogen and oxygen atoms in total. The molecule has 8 heteroatoms. The van der Waals surface area contributed by atoms with Gasteiger partial charge in [-0.25, -0.2) is 0 Å². The number of ether oxygens (including phenoxy) is 1. The smallest absolute Gasteiger partial charge is 0.310 e. The number of benzene rings is 1. The van der Waals surface area contributed by atoms with Crippen molar-refractivity contribution < 1.29 is 28.6 Å². The molecule has 1 heterocycles. The van der Waals surface area contributed by atoms with Crippen molar-refractivity contribution in [3.8, 4) is 5.75 Å². The number of hydrogen-bond donors (Lipinski definition) is 3. The third-order valence-corrected chi connectivity index (χ3v) is 3.16. The number of carbonyl (C=O) groups excluding carboxylic acids is 3. The number of rotatable bonds is 7. The zero-order valence-electron chi connectivity index (χ0n) is 13.1. The van der Waals surface area contributed by atoms with Crippen molar-refractivity contribution in [2.24, 2.45) is 0 Å². The Bertz CT molecular complexity index is 752. The first-order chi connectivity index (χ1) is 11.5. The number of aromatic hydroxyl groups is 1. The average molecular weight is 334 g/mol. The highest BCUT2D eigenvalue weighted by molar-refractivity contribution is 5.88. The number of carbonyl (C=O) groups is 3. The lowest BCUT2D eigenvalue weighted by molar-refractivity contribution is -0.147. The highest BCUT2D eigenvalue weighted by atomic mass is 16.5. The molecule has 1 aromatic heterocycles. The molecule has 1 aromatic carbocycles. The van der Waals surface area contributed by atoms with E-state index in [2.05, 4.69) is 10.6 Å². The van der Waals surface area contributed by atoms with E-state index in [4.69, 9.17) is 9.15 Å². The fourth-order valence-electron chi connectivity index (χ4n) is 2.05. The second-order valence-electron chi connectivity index (χ2n) is 5.01. The monoisotopic (exact) mass is 334 g/mol. The normalized spacial score (nSPS) is 10.4. The molecule has 0 atom stereocenters. The van der Waals surface area contributed by atoms with Gasteiger partial charge in [-0.15, -0.1) is 0 Å². The van der Waals surface area contributed by atoms with Crippen LogP contribution in [0.2, 0.25) is 0 Å². The fourth-order valence-corrected chi connectivity index (χ4v) is 2.05. The van der Waals surface area contributed by atoms with Crippen molar-refractivity contribution in [1.82, 2.24) is 10.6 Å². The molecular weight excluding hydrogens is 316 g/mol. The lowest BCUT2D eigenvalue weighted by atomic mass is 10.1. The second kappa shape index (κ2) is 8.00. The zero-order valence-corrected chi connectivity index (χ0v) is 13.1. The molecule has 0 saturated carbocycles. The van der Waals surface area contributed by atoms with Gasteiger partial charge in [0.25, 0.3) is 5.91 Å². The molecule has 128 valence electrons. The summed E-state index contributed by atoms with van der Waals surface area (Å²) in [6.07, 6.45) is 1.34. The van der Waals surface area contributed by atoms with E-state index in [9.17, 15) is 19.5 Å². The lowest BCUT2D eigenvalue weighted by Crippen LogP contribution is -2.38. The van der Waals surface area contributed by atoms with Gasteiger partial charge >= 0.3 is 5.97 Å². The summed E-state index contributed by atoms with van der Waals surface area (Å²) in [5.74, 6) is -1.41. The molecule has 0 bridgehead atoms. The summed E-state index contributed by atoms with van der Waals surface area (Å²) < 4.78 is 10.1. The Morgan fingerprint density at radius 2 is 2.00 bits per heavy atom. The van der Waals surface area contributed by atoms with E-state index in [1.807, 2.05) is 0 Å². The molecule has 0 radical (unpaired) electrons. The van der Waals surface area contributed by atoms with Gasteiger partial charge in [0, 0.05) is 23.6 Å². The average Bonchev–Trinajstić information content (AvgIpc) is 2.93. The van der Waals surface area contributed by atoms with Crippen LogP contribution in [0.5, 0.6) is 5.75 Å². The van der Waals surface area contributed by atoms with E-state index in [1.165, 1.54) is 18.4 Å². The van der Waals surface area contributed by atoms with Crippen molar-refractivity contribution in [3.05, 3.63) is 30.0 Å². The van der Waals surface area contributed by atoms with E-state index in [0.717, 1.165) is 0 Å². The Labute approximate surface area is 137 Å². The lowest BCUT2D eigenvalue weighted by Gasteiger charge is -2.06. The minimum absolute atomic E-state index is 0.0646. The van der Waals surface area contributed by atoms with Gasteiger partial charge in [-0.2, -0.15) is 0 Å². The van der Waals surface area contributed by atoms with Gasteiger partial charge in [-0.3, -0.25) is 14.4 Å². The predicted molar refractivity (Wildman–Crippen MR) is 84.2 cm³/mol. The third kappa shape index (κ3) is 4.73. The van der Waals surface area contributed by atoms with Crippen LogP contribution in [-0.2, 0) is 25.5 Å². The molecule has 2 aromatic rings. The zero-order chi connectivity index (χ0) is 17.5. The summed E-state index contributed by atoms with van der Waals surface area (Å²) in [7, 11) is 0. The standard InChI is InChI=1S/C16H18N2O6/c1-2-17-14(20)7-18-15(21)9-24-16(22)5-10-8-23-13-6-11(19)3-4-12(10)13/h3-4,6,8,19H,2,5,7,9H2,1H3,(H,17,20)(H,18,21). The van der Waals surface area contributed by atoms with Gasteiger partial charge in [0.05, 0.1) is 19.2 Å². The Hall–Kier alpha value is -3.03. The maximum Gasteiger partial charge on any atom is 0.310 e. The van der Waals surface area contributed by atoms with Crippen LogP contribution in [0.4, 0.5) is 0 Å². The van der Waals surface area contributed by atoms with Crippen molar-refractivity contribution in [2.75, 3.05) is 19.7 Å². The second-order valence-corrected chi connectivity index (χ2v) is 5.01. The summed E-state index contributed by atoms with van der Waals surface area (Å²) in [5.41, 5.74) is 1.05. The summed E-state index contributed by atoms with van der Waals surface area (Å²) >= 11 is 0. The fraction of sp³-hybridized carbons (Fsp3) is 0.312. The van der Waals surface area contributed by atoms with Crippen LogP contribution >= 0.6 is 0 Å². The van der Waals surface area contributed by atoms with E-state index < -0.39 is 18.5 Å². The number of nitrogens with one attached hydrogen (secondary N) is 2. The molecule has 0 saturated heterocycles. The highest BCUT2D eigenvalue weighted by Gasteiger charge is 2.13. The largest absolute Gasteiger partial charge is 0.508 e. The van der Waals surface area contributed by atoms with E-state index in [-0.39, 0.29) is 24.6 Å². The van der Waals surface area contributed by atoms with Gasteiger partial charge < -0.3 is 24.9 Å². The Morgan fingerprint density at radius 1 is 1.21 bits per heavy atom. The summed E-state index contributed by atoms with van der Waals surface area (Å²) in [6, 6.07) is 4.57. The maximum atomic E-state index is 11.8. The SMILES string of the molecule is CCNC(=O)CNC(=O)COC(=O)Cc1coc2cc(O)ccc12. The van der Waals surface area contributed by atoms with Crippen LogP contribution in [0.25, 0.3) is 11.0 Å². The first-order valence-electron chi connectivity index (χ1n) is 7.37. The quantitative estimate of drug-likeness (QED) is 0.634. The third-order valence-electron chi connectivity index (χ3n) is 3.16. The summed E-state index contributed by atoms with van der Waals surface area (Å²) in [6.45, 7) is 1.61. The van der Waals surface area contributed by atoms with Crippen LogP contribution in [0.15, 0.2) is 28.9 Å². The van der Waals surface area contributed by atoms with Crippen molar-refractivity contribution >= 4 is 28.8 Å².